The van der Waals surface area contributed by atoms with Gasteiger partial charge in [-0.25, -0.2) is 4.79 Å². The average Bonchev–Trinajstić information content (AvgIpc) is 3.27. The van der Waals surface area contributed by atoms with Crippen LogP contribution in [-0.2, 0) is 33.6 Å². The second-order valence-corrected chi connectivity index (χ2v) is 7.71. The van der Waals surface area contributed by atoms with Crippen molar-refractivity contribution in [3.05, 3.63) is 0 Å². The first-order chi connectivity index (χ1) is 15.9. The van der Waals surface area contributed by atoms with E-state index in [0.717, 1.165) is 6.42 Å². The highest BCUT2D eigenvalue weighted by atomic mass is 16.4. The molecule has 0 aliphatic carbocycles. The summed E-state index contributed by atoms with van der Waals surface area (Å²) >= 11 is 0. The smallest absolute Gasteiger partial charge is 0.326 e. The molecular formula is C19H29N5O10. The number of carboxylic acids is 3. The van der Waals surface area contributed by atoms with Crippen LogP contribution in [0.4, 0.5) is 0 Å². The second kappa shape index (κ2) is 13.7. The van der Waals surface area contributed by atoms with E-state index in [1.807, 2.05) is 0 Å². The maximum atomic E-state index is 12.7. The zero-order chi connectivity index (χ0) is 25.8. The van der Waals surface area contributed by atoms with Gasteiger partial charge in [-0.1, -0.05) is 0 Å². The maximum Gasteiger partial charge on any atom is 0.326 e. The van der Waals surface area contributed by atoms with Crippen LogP contribution in [0.1, 0.15) is 44.9 Å². The molecule has 1 fully saturated rings. The highest BCUT2D eigenvalue weighted by Gasteiger charge is 2.32. The van der Waals surface area contributed by atoms with Gasteiger partial charge < -0.3 is 42.3 Å². The lowest BCUT2D eigenvalue weighted by Gasteiger charge is -2.24. The van der Waals surface area contributed by atoms with Gasteiger partial charge in [0.2, 0.25) is 23.6 Å². The van der Waals surface area contributed by atoms with Crippen molar-refractivity contribution in [2.75, 3.05) is 6.54 Å². The quantitative estimate of drug-likeness (QED) is 0.115. The van der Waals surface area contributed by atoms with Gasteiger partial charge in [0.25, 0.3) is 0 Å². The van der Waals surface area contributed by atoms with E-state index in [1.165, 1.54) is 0 Å². The monoisotopic (exact) mass is 487 g/mol. The summed E-state index contributed by atoms with van der Waals surface area (Å²) in [5, 5.41) is 36.4. The molecule has 34 heavy (non-hydrogen) atoms. The zero-order valence-corrected chi connectivity index (χ0v) is 18.2. The van der Waals surface area contributed by atoms with Crippen molar-refractivity contribution in [2.45, 2.75) is 69.1 Å². The Hall–Kier alpha value is -3.75. The van der Waals surface area contributed by atoms with Gasteiger partial charge in [0, 0.05) is 12.8 Å². The van der Waals surface area contributed by atoms with Gasteiger partial charge in [0.1, 0.15) is 18.1 Å². The Morgan fingerprint density at radius 2 is 1.35 bits per heavy atom. The number of nitrogens with two attached hydrogens (primary N) is 1. The molecule has 0 aromatic carbocycles. The molecule has 1 aliphatic heterocycles. The highest BCUT2D eigenvalue weighted by Crippen LogP contribution is 2.07. The topological polar surface area (TPSA) is 254 Å². The number of carbonyl (C=O) groups excluding carboxylic acids is 4. The van der Waals surface area contributed by atoms with Gasteiger partial charge in [-0.2, -0.15) is 0 Å². The molecule has 4 unspecified atom stereocenters. The zero-order valence-electron chi connectivity index (χ0n) is 18.2. The molecule has 0 aromatic rings. The van der Waals surface area contributed by atoms with Crippen LogP contribution in [0.25, 0.3) is 0 Å². The lowest BCUT2D eigenvalue weighted by molar-refractivity contribution is -0.144. The van der Waals surface area contributed by atoms with E-state index in [0.29, 0.717) is 13.0 Å². The van der Waals surface area contributed by atoms with Crippen LogP contribution in [0.3, 0.4) is 0 Å². The van der Waals surface area contributed by atoms with Crippen LogP contribution in [-0.4, -0.2) is 87.6 Å². The molecule has 0 saturated carbocycles. The van der Waals surface area contributed by atoms with Crippen molar-refractivity contribution in [1.82, 2.24) is 21.3 Å². The standard InChI is InChI=1S/C19H29N5O10/c20-13(25)8-12(24-16(30)9-2-1-7-21-9)18(32)22-10(3-5-14(26)27)17(31)23-11(19(33)34)4-6-15(28)29/h9-12,21H,1-8H2,(H2,20,25)(H,22,32)(H,23,31)(H,24,30)(H,26,27)(H,28,29)(H,33,34). The fraction of sp³-hybridized carbons (Fsp3) is 0.632. The SMILES string of the molecule is NC(=O)CC(NC(=O)C1CCCN1)C(=O)NC(CCC(=O)O)C(=O)NC(CCC(=O)O)C(=O)O. The molecule has 15 heteroatoms. The molecule has 190 valence electrons. The third kappa shape index (κ3) is 10.2. The fourth-order valence-corrected chi connectivity index (χ4v) is 3.20. The van der Waals surface area contributed by atoms with E-state index in [-0.39, 0.29) is 0 Å². The number of aliphatic carboxylic acids is 3. The number of hydrogen-bond donors (Lipinski definition) is 8. The van der Waals surface area contributed by atoms with E-state index in [2.05, 4.69) is 21.3 Å². The molecule has 0 bridgehead atoms. The maximum absolute atomic E-state index is 12.7. The number of amides is 4. The Labute approximate surface area is 193 Å². The van der Waals surface area contributed by atoms with Crippen LogP contribution in [0.5, 0.6) is 0 Å². The molecular weight excluding hydrogens is 458 g/mol. The Morgan fingerprint density at radius 3 is 1.82 bits per heavy atom. The average molecular weight is 487 g/mol. The number of hydrogen-bond acceptors (Lipinski definition) is 8. The molecule has 9 N–H and O–H groups in total. The predicted molar refractivity (Wildman–Crippen MR) is 112 cm³/mol. The van der Waals surface area contributed by atoms with Crippen molar-refractivity contribution < 1.29 is 48.9 Å². The molecule has 0 aromatic heterocycles. The van der Waals surface area contributed by atoms with Gasteiger partial charge in [0.15, 0.2) is 0 Å². The van der Waals surface area contributed by atoms with Gasteiger partial charge in [-0.15, -0.1) is 0 Å². The summed E-state index contributed by atoms with van der Waals surface area (Å²) in [6.45, 7) is 0.592. The minimum Gasteiger partial charge on any atom is -0.481 e. The van der Waals surface area contributed by atoms with E-state index >= 15 is 0 Å². The minimum atomic E-state index is -1.61. The lowest BCUT2D eigenvalue weighted by Crippen LogP contribution is -2.57. The van der Waals surface area contributed by atoms with Gasteiger partial charge in [-0.05, 0) is 32.2 Å². The third-order valence-electron chi connectivity index (χ3n) is 4.96. The number of nitrogens with one attached hydrogen (secondary N) is 4. The lowest BCUT2D eigenvalue weighted by atomic mass is 10.1. The van der Waals surface area contributed by atoms with Crippen molar-refractivity contribution in [3.63, 3.8) is 0 Å². The molecule has 4 amide bonds. The molecule has 1 saturated heterocycles. The van der Waals surface area contributed by atoms with Gasteiger partial charge in [-0.3, -0.25) is 28.8 Å². The first-order valence-electron chi connectivity index (χ1n) is 10.5. The number of primary amides is 1. The summed E-state index contributed by atoms with van der Waals surface area (Å²) < 4.78 is 0. The third-order valence-corrected chi connectivity index (χ3v) is 4.96. The summed E-state index contributed by atoms with van der Waals surface area (Å²) in [6, 6.07) is -5.20. The van der Waals surface area contributed by atoms with E-state index in [4.69, 9.17) is 15.9 Å². The van der Waals surface area contributed by atoms with Crippen molar-refractivity contribution in [1.29, 1.82) is 0 Å². The molecule has 1 aliphatic rings. The molecule has 1 rings (SSSR count). The van der Waals surface area contributed by atoms with Crippen LogP contribution in [0, 0.1) is 0 Å². The number of rotatable bonds is 15. The van der Waals surface area contributed by atoms with E-state index in [1.54, 1.807) is 0 Å². The number of carboxylic acid groups (broad SMARTS) is 3. The number of carbonyl (C=O) groups is 7. The van der Waals surface area contributed by atoms with Gasteiger partial charge >= 0.3 is 17.9 Å². The fourth-order valence-electron chi connectivity index (χ4n) is 3.20. The van der Waals surface area contributed by atoms with Crippen LogP contribution >= 0.6 is 0 Å². The predicted octanol–water partition coefficient (Wildman–Crippen LogP) is -3.12. The van der Waals surface area contributed by atoms with Crippen molar-refractivity contribution in [2.24, 2.45) is 5.73 Å². The molecule has 4 atom stereocenters. The van der Waals surface area contributed by atoms with E-state index in [9.17, 15) is 38.7 Å². The van der Waals surface area contributed by atoms with E-state index < -0.39 is 97.8 Å². The summed E-state index contributed by atoms with van der Waals surface area (Å²) in [6.07, 6.45) is -1.41. The first-order valence-corrected chi connectivity index (χ1v) is 10.5. The summed E-state index contributed by atoms with van der Waals surface area (Å²) in [7, 11) is 0. The second-order valence-electron chi connectivity index (χ2n) is 7.71. The Balaban J connectivity index is 2.95. The van der Waals surface area contributed by atoms with Crippen LogP contribution in [0.2, 0.25) is 0 Å². The minimum absolute atomic E-state index is 0.445. The molecule has 1 heterocycles. The highest BCUT2D eigenvalue weighted by molar-refractivity contribution is 5.96. The Kier molecular flexibility index (Phi) is 11.4. The van der Waals surface area contributed by atoms with Crippen molar-refractivity contribution in [3.8, 4) is 0 Å². The summed E-state index contributed by atoms with van der Waals surface area (Å²) in [5.74, 6) is -7.70. The molecule has 0 spiro atoms. The summed E-state index contributed by atoms with van der Waals surface area (Å²) in [5.41, 5.74) is 5.15. The van der Waals surface area contributed by atoms with Crippen LogP contribution in [0.15, 0.2) is 0 Å². The van der Waals surface area contributed by atoms with Crippen LogP contribution < -0.4 is 27.0 Å². The Bertz CT molecular complexity index is 811. The largest absolute Gasteiger partial charge is 0.481 e. The Morgan fingerprint density at radius 1 is 0.824 bits per heavy atom. The first kappa shape index (κ1) is 28.3. The summed E-state index contributed by atoms with van der Waals surface area (Å²) in [4.78, 5) is 82.1. The molecule has 15 nitrogen and oxygen atoms in total. The molecule has 0 radical (unpaired) electrons. The van der Waals surface area contributed by atoms with Gasteiger partial charge in [0.05, 0.1) is 12.5 Å². The van der Waals surface area contributed by atoms with Crippen molar-refractivity contribution >= 4 is 41.5 Å². The normalized spacial score (nSPS) is 17.6.